The highest BCUT2D eigenvalue weighted by Gasteiger charge is 2.16. The first-order chi connectivity index (χ1) is 7.50. The third-order valence-electron chi connectivity index (χ3n) is 2.46. The molecule has 1 atom stereocenters. The number of aliphatic carboxylic acids is 1. The zero-order valence-corrected chi connectivity index (χ0v) is 9.27. The van der Waals surface area contributed by atoms with Gasteiger partial charge in [0.05, 0.1) is 5.52 Å². The van der Waals surface area contributed by atoms with Gasteiger partial charge in [-0.15, -0.1) is 0 Å². The van der Waals surface area contributed by atoms with Gasteiger partial charge in [-0.05, 0) is 17.7 Å². The molecule has 0 aliphatic rings. The van der Waals surface area contributed by atoms with Crippen LogP contribution in [0.3, 0.4) is 0 Å². The van der Waals surface area contributed by atoms with E-state index in [1.54, 1.807) is 29.9 Å². The summed E-state index contributed by atoms with van der Waals surface area (Å²) >= 11 is 5.89. The fraction of sp³-hybridized carbons (Fsp3) is 0.200. The molecule has 0 aliphatic heterocycles. The maximum atomic E-state index is 10.8. The molecule has 2 aromatic rings. The molecule has 1 unspecified atom stereocenters. The molecule has 0 radical (unpaired) electrons. The summed E-state index contributed by atoms with van der Waals surface area (Å²) in [6, 6.07) is 4.03. The Hall–Kier alpha value is -1.59. The molecule has 16 heavy (non-hydrogen) atoms. The number of carboxylic acids is 1. The Morgan fingerprint density at radius 3 is 2.94 bits per heavy atom. The molecule has 1 aromatic carbocycles. The van der Waals surface area contributed by atoms with Crippen molar-refractivity contribution in [2.24, 2.45) is 12.8 Å². The second-order valence-electron chi connectivity index (χ2n) is 3.51. The van der Waals surface area contributed by atoms with E-state index < -0.39 is 12.0 Å². The first-order valence-electron chi connectivity index (χ1n) is 4.61. The van der Waals surface area contributed by atoms with Crippen molar-refractivity contribution >= 4 is 28.5 Å². The molecule has 3 N–H and O–H groups in total. The minimum atomic E-state index is -1.06. The van der Waals surface area contributed by atoms with Gasteiger partial charge in [0.25, 0.3) is 0 Å². The van der Waals surface area contributed by atoms with E-state index in [9.17, 15) is 4.79 Å². The van der Waals surface area contributed by atoms with E-state index >= 15 is 0 Å². The van der Waals surface area contributed by atoms with Gasteiger partial charge < -0.3 is 10.8 Å². The highest BCUT2D eigenvalue weighted by atomic mass is 35.5. The van der Waals surface area contributed by atoms with Gasteiger partial charge in [0.2, 0.25) is 0 Å². The zero-order valence-electron chi connectivity index (χ0n) is 8.51. The number of hydrogen-bond donors (Lipinski definition) is 2. The van der Waals surface area contributed by atoms with E-state index in [2.05, 4.69) is 5.10 Å². The summed E-state index contributed by atoms with van der Waals surface area (Å²) in [6.45, 7) is 0. The summed E-state index contributed by atoms with van der Waals surface area (Å²) in [6.07, 6.45) is 0. The second kappa shape index (κ2) is 3.77. The standard InChI is InChI=1S/C10H10ClN3O2/c1-14-7-4-5(8(12)10(15)16)2-3-6(7)9(11)13-14/h2-4,8H,12H2,1H3,(H,15,16). The fourth-order valence-electron chi connectivity index (χ4n) is 1.57. The Kier molecular flexibility index (Phi) is 2.57. The molecule has 84 valence electrons. The molecule has 6 heteroatoms. The summed E-state index contributed by atoms with van der Waals surface area (Å²) in [5, 5.41) is 14.0. The van der Waals surface area contributed by atoms with Crippen molar-refractivity contribution in [2.45, 2.75) is 6.04 Å². The van der Waals surface area contributed by atoms with Crippen LogP contribution in [0.1, 0.15) is 11.6 Å². The topological polar surface area (TPSA) is 81.1 Å². The third-order valence-corrected chi connectivity index (χ3v) is 2.73. The van der Waals surface area contributed by atoms with Crippen LogP contribution in [-0.4, -0.2) is 20.9 Å². The van der Waals surface area contributed by atoms with E-state index in [1.807, 2.05) is 0 Å². The largest absolute Gasteiger partial charge is 0.480 e. The van der Waals surface area contributed by atoms with E-state index in [4.69, 9.17) is 22.4 Å². The number of rotatable bonds is 2. The molecule has 1 heterocycles. The molecule has 0 bridgehead atoms. The summed E-state index contributed by atoms with van der Waals surface area (Å²) in [7, 11) is 1.74. The lowest BCUT2D eigenvalue weighted by atomic mass is 10.1. The van der Waals surface area contributed by atoms with E-state index in [0.29, 0.717) is 10.7 Å². The molecule has 0 aliphatic carbocycles. The Morgan fingerprint density at radius 1 is 1.62 bits per heavy atom. The molecule has 0 spiro atoms. The normalized spacial score (nSPS) is 12.9. The van der Waals surface area contributed by atoms with Crippen molar-refractivity contribution in [2.75, 3.05) is 0 Å². The molecular weight excluding hydrogens is 230 g/mol. The number of carbonyl (C=O) groups is 1. The van der Waals surface area contributed by atoms with Gasteiger partial charge in [-0.2, -0.15) is 5.10 Å². The SMILES string of the molecule is Cn1nc(Cl)c2ccc(C(N)C(=O)O)cc21. The molecule has 2 rings (SSSR count). The van der Waals surface area contributed by atoms with Crippen LogP contribution in [-0.2, 0) is 11.8 Å². The first kappa shape index (κ1) is 10.9. The van der Waals surface area contributed by atoms with Crippen LogP contribution in [0.5, 0.6) is 0 Å². The minimum absolute atomic E-state index is 0.396. The lowest BCUT2D eigenvalue weighted by Gasteiger charge is -2.06. The summed E-state index contributed by atoms with van der Waals surface area (Å²) < 4.78 is 1.59. The highest BCUT2D eigenvalue weighted by Crippen LogP contribution is 2.24. The number of nitrogens with two attached hydrogens (primary N) is 1. The quantitative estimate of drug-likeness (QED) is 0.828. The summed E-state index contributed by atoms with van der Waals surface area (Å²) in [5.41, 5.74) is 6.81. The van der Waals surface area contributed by atoms with Gasteiger partial charge in [0, 0.05) is 12.4 Å². The maximum Gasteiger partial charge on any atom is 0.325 e. The van der Waals surface area contributed by atoms with Crippen molar-refractivity contribution in [3.8, 4) is 0 Å². The number of nitrogens with zero attached hydrogens (tertiary/aromatic N) is 2. The number of hydrogen-bond acceptors (Lipinski definition) is 3. The molecule has 5 nitrogen and oxygen atoms in total. The predicted octanol–water partition coefficient (Wildman–Crippen LogP) is 1.31. The number of carboxylic acid groups (broad SMARTS) is 1. The van der Waals surface area contributed by atoms with Gasteiger partial charge in [0.1, 0.15) is 6.04 Å². The number of fused-ring (bicyclic) bond motifs is 1. The van der Waals surface area contributed by atoms with Crippen molar-refractivity contribution in [3.63, 3.8) is 0 Å². The molecule has 0 fully saturated rings. The van der Waals surface area contributed by atoms with Crippen LogP contribution in [0.4, 0.5) is 0 Å². The molecule has 0 amide bonds. The van der Waals surface area contributed by atoms with Crippen LogP contribution >= 0.6 is 11.6 Å². The average Bonchev–Trinajstić information content (AvgIpc) is 2.53. The third kappa shape index (κ3) is 1.64. The molecule has 0 saturated carbocycles. The Morgan fingerprint density at radius 2 is 2.31 bits per heavy atom. The second-order valence-corrected chi connectivity index (χ2v) is 3.86. The smallest absolute Gasteiger partial charge is 0.325 e. The van der Waals surface area contributed by atoms with Crippen molar-refractivity contribution in [1.82, 2.24) is 9.78 Å². The lowest BCUT2D eigenvalue weighted by Crippen LogP contribution is -2.20. The first-order valence-corrected chi connectivity index (χ1v) is 4.99. The fourth-order valence-corrected chi connectivity index (χ4v) is 1.84. The average molecular weight is 240 g/mol. The van der Waals surface area contributed by atoms with Crippen LogP contribution in [0, 0.1) is 0 Å². The number of benzene rings is 1. The van der Waals surface area contributed by atoms with Gasteiger partial charge >= 0.3 is 5.97 Å². The number of halogens is 1. The number of aromatic nitrogens is 2. The number of aryl methyl sites for hydroxylation is 1. The van der Waals surface area contributed by atoms with Gasteiger partial charge in [0.15, 0.2) is 5.15 Å². The molecule has 1 aromatic heterocycles. The van der Waals surface area contributed by atoms with Crippen LogP contribution in [0.25, 0.3) is 10.9 Å². The summed E-state index contributed by atoms with van der Waals surface area (Å²) in [5.74, 6) is -1.06. The Balaban J connectivity index is 2.60. The van der Waals surface area contributed by atoms with Crippen LogP contribution in [0.2, 0.25) is 5.15 Å². The highest BCUT2D eigenvalue weighted by molar-refractivity contribution is 6.34. The van der Waals surface area contributed by atoms with E-state index in [-0.39, 0.29) is 0 Å². The monoisotopic (exact) mass is 239 g/mol. The minimum Gasteiger partial charge on any atom is -0.480 e. The Bertz CT molecular complexity index is 564. The Labute approximate surface area is 96.4 Å². The van der Waals surface area contributed by atoms with Crippen molar-refractivity contribution in [1.29, 1.82) is 0 Å². The maximum absolute atomic E-state index is 10.8. The van der Waals surface area contributed by atoms with E-state index in [1.165, 1.54) is 0 Å². The summed E-state index contributed by atoms with van der Waals surface area (Å²) in [4.78, 5) is 10.8. The van der Waals surface area contributed by atoms with Crippen molar-refractivity contribution < 1.29 is 9.90 Å². The van der Waals surface area contributed by atoms with E-state index in [0.717, 1.165) is 10.9 Å². The van der Waals surface area contributed by atoms with Crippen LogP contribution < -0.4 is 5.73 Å². The van der Waals surface area contributed by atoms with Gasteiger partial charge in [-0.25, -0.2) is 0 Å². The van der Waals surface area contributed by atoms with Gasteiger partial charge in [-0.1, -0.05) is 17.7 Å². The van der Waals surface area contributed by atoms with Gasteiger partial charge in [-0.3, -0.25) is 9.48 Å². The predicted molar refractivity (Wildman–Crippen MR) is 60.3 cm³/mol. The lowest BCUT2D eigenvalue weighted by molar-refractivity contribution is -0.138. The molecule has 0 saturated heterocycles. The molecular formula is C10H10ClN3O2. The van der Waals surface area contributed by atoms with Crippen molar-refractivity contribution in [3.05, 3.63) is 28.9 Å². The zero-order chi connectivity index (χ0) is 11.9. The van der Waals surface area contributed by atoms with Crippen LogP contribution in [0.15, 0.2) is 18.2 Å².